The summed E-state index contributed by atoms with van der Waals surface area (Å²) >= 11 is 0. The maximum absolute atomic E-state index is 12.6. The number of nitrogens with zero attached hydrogens (tertiary/aromatic N) is 1. The zero-order valence-corrected chi connectivity index (χ0v) is 12.3. The first-order chi connectivity index (χ1) is 10.1. The number of aliphatic carboxylic acids is 1. The van der Waals surface area contributed by atoms with Gasteiger partial charge in [0.2, 0.25) is 5.91 Å². The lowest BCUT2D eigenvalue weighted by Crippen LogP contribution is -2.43. The Balaban J connectivity index is 1.65. The first-order valence-electron chi connectivity index (χ1n) is 7.65. The molecule has 1 aliphatic carbocycles. The van der Waals surface area contributed by atoms with Crippen LogP contribution in [0.5, 0.6) is 0 Å². The van der Waals surface area contributed by atoms with Crippen molar-refractivity contribution in [3.05, 3.63) is 35.4 Å². The summed E-state index contributed by atoms with van der Waals surface area (Å²) in [6, 6.07) is 8.21. The number of carboxylic acids is 1. The Kier molecular flexibility index (Phi) is 3.70. The van der Waals surface area contributed by atoms with E-state index in [0.717, 1.165) is 12.8 Å². The Labute approximate surface area is 124 Å². The highest BCUT2D eigenvalue weighted by Gasteiger charge is 2.47. The number of piperidine rings is 1. The van der Waals surface area contributed by atoms with E-state index in [1.165, 1.54) is 11.1 Å². The van der Waals surface area contributed by atoms with Gasteiger partial charge in [-0.1, -0.05) is 24.3 Å². The lowest BCUT2D eigenvalue weighted by atomic mass is 9.97. The van der Waals surface area contributed by atoms with Gasteiger partial charge in [-0.15, -0.1) is 0 Å². The number of rotatable bonds is 3. The molecule has 3 atom stereocenters. The van der Waals surface area contributed by atoms with Crippen molar-refractivity contribution >= 4 is 11.9 Å². The van der Waals surface area contributed by atoms with Crippen LogP contribution in [0.3, 0.4) is 0 Å². The predicted molar refractivity (Wildman–Crippen MR) is 79.0 cm³/mol. The third-order valence-electron chi connectivity index (χ3n) is 4.78. The third-order valence-corrected chi connectivity index (χ3v) is 4.78. The van der Waals surface area contributed by atoms with E-state index in [1.807, 2.05) is 12.1 Å². The fourth-order valence-electron chi connectivity index (χ4n) is 3.43. The van der Waals surface area contributed by atoms with Crippen LogP contribution < -0.4 is 0 Å². The van der Waals surface area contributed by atoms with E-state index in [4.69, 9.17) is 5.11 Å². The molecule has 1 aromatic rings. The molecule has 0 spiro atoms. The number of hydrogen-bond acceptors (Lipinski definition) is 2. The van der Waals surface area contributed by atoms with Crippen molar-refractivity contribution in [2.24, 2.45) is 11.8 Å². The molecule has 1 aromatic carbocycles. The van der Waals surface area contributed by atoms with Gasteiger partial charge in [0, 0.05) is 19.0 Å². The van der Waals surface area contributed by atoms with Crippen LogP contribution in [0.15, 0.2) is 24.3 Å². The van der Waals surface area contributed by atoms with E-state index in [-0.39, 0.29) is 11.8 Å². The van der Waals surface area contributed by atoms with Crippen LogP contribution in [0.1, 0.15) is 36.3 Å². The van der Waals surface area contributed by atoms with Crippen LogP contribution in [-0.2, 0) is 9.59 Å². The van der Waals surface area contributed by atoms with Crippen LogP contribution in [0, 0.1) is 18.8 Å². The van der Waals surface area contributed by atoms with Gasteiger partial charge in [0.15, 0.2) is 0 Å². The number of aryl methyl sites for hydroxylation is 1. The molecule has 2 fully saturated rings. The van der Waals surface area contributed by atoms with Crippen molar-refractivity contribution in [2.45, 2.75) is 32.1 Å². The van der Waals surface area contributed by atoms with E-state index in [9.17, 15) is 9.59 Å². The topological polar surface area (TPSA) is 57.6 Å². The number of likely N-dealkylation sites (tertiary alicyclic amines) is 1. The van der Waals surface area contributed by atoms with E-state index in [2.05, 4.69) is 19.1 Å². The van der Waals surface area contributed by atoms with Crippen molar-refractivity contribution in [1.29, 1.82) is 0 Å². The Hall–Kier alpha value is -1.84. The lowest BCUT2D eigenvalue weighted by molar-refractivity contribution is -0.146. The standard InChI is InChI=1S/C17H21NO3/c1-11-5-2-3-7-13(11)14-9-15(14)16(19)18-8-4-6-12(10-18)17(20)21/h2-3,5,7,12,14-15H,4,6,8-10H2,1H3,(H,20,21)/t12-,14-,15-/m0/s1. The maximum atomic E-state index is 12.6. The van der Waals surface area contributed by atoms with Gasteiger partial charge >= 0.3 is 5.97 Å². The monoisotopic (exact) mass is 287 g/mol. The summed E-state index contributed by atoms with van der Waals surface area (Å²) in [5.41, 5.74) is 2.50. The second-order valence-electron chi connectivity index (χ2n) is 6.27. The van der Waals surface area contributed by atoms with Crippen molar-refractivity contribution < 1.29 is 14.7 Å². The largest absolute Gasteiger partial charge is 0.481 e. The van der Waals surface area contributed by atoms with Crippen LogP contribution in [0.4, 0.5) is 0 Å². The predicted octanol–water partition coefficient (Wildman–Crippen LogP) is 2.42. The number of carbonyl (C=O) groups excluding carboxylic acids is 1. The van der Waals surface area contributed by atoms with Crippen molar-refractivity contribution in [3.63, 3.8) is 0 Å². The van der Waals surface area contributed by atoms with Gasteiger partial charge in [-0.05, 0) is 43.2 Å². The molecule has 3 rings (SSSR count). The first kappa shape index (κ1) is 14.1. The van der Waals surface area contributed by atoms with Crippen molar-refractivity contribution in [2.75, 3.05) is 13.1 Å². The molecule has 21 heavy (non-hydrogen) atoms. The average molecular weight is 287 g/mol. The molecule has 112 valence electrons. The van der Waals surface area contributed by atoms with Gasteiger partial charge in [-0.25, -0.2) is 0 Å². The van der Waals surface area contributed by atoms with Gasteiger partial charge in [0.25, 0.3) is 0 Å². The zero-order valence-electron chi connectivity index (χ0n) is 12.3. The van der Waals surface area contributed by atoms with Gasteiger partial charge in [0.1, 0.15) is 0 Å². The zero-order chi connectivity index (χ0) is 15.0. The van der Waals surface area contributed by atoms with Gasteiger partial charge in [-0.3, -0.25) is 9.59 Å². The molecule has 1 N–H and O–H groups in total. The minimum Gasteiger partial charge on any atom is -0.481 e. The molecule has 1 aliphatic heterocycles. The molecule has 1 saturated heterocycles. The number of carbonyl (C=O) groups is 2. The highest BCUT2D eigenvalue weighted by molar-refractivity contribution is 5.84. The summed E-state index contributed by atoms with van der Waals surface area (Å²) < 4.78 is 0. The fourth-order valence-corrected chi connectivity index (χ4v) is 3.43. The molecule has 4 heteroatoms. The maximum Gasteiger partial charge on any atom is 0.308 e. The summed E-state index contributed by atoms with van der Waals surface area (Å²) in [5.74, 6) is -0.645. The first-order valence-corrected chi connectivity index (χ1v) is 7.65. The summed E-state index contributed by atoms with van der Waals surface area (Å²) in [5, 5.41) is 9.12. The molecule has 1 heterocycles. The Morgan fingerprint density at radius 3 is 2.76 bits per heavy atom. The Morgan fingerprint density at radius 2 is 2.05 bits per heavy atom. The molecule has 1 amide bonds. The quantitative estimate of drug-likeness (QED) is 0.929. The molecular formula is C17H21NO3. The minimum absolute atomic E-state index is 0.0543. The second-order valence-corrected chi connectivity index (χ2v) is 6.27. The van der Waals surface area contributed by atoms with E-state index >= 15 is 0 Å². The van der Waals surface area contributed by atoms with E-state index < -0.39 is 11.9 Å². The highest BCUT2D eigenvalue weighted by Crippen LogP contribution is 2.49. The Morgan fingerprint density at radius 1 is 1.29 bits per heavy atom. The number of amides is 1. The van der Waals surface area contributed by atoms with Crippen LogP contribution in [-0.4, -0.2) is 35.0 Å². The third kappa shape index (κ3) is 2.80. The van der Waals surface area contributed by atoms with E-state index in [1.54, 1.807) is 4.90 Å². The number of hydrogen-bond donors (Lipinski definition) is 1. The molecule has 0 bridgehead atoms. The summed E-state index contributed by atoms with van der Waals surface area (Å²) in [6.45, 7) is 3.17. The number of benzene rings is 1. The van der Waals surface area contributed by atoms with Crippen LogP contribution in [0.2, 0.25) is 0 Å². The van der Waals surface area contributed by atoms with Crippen molar-refractivity contribution in [3.8, 4) is 0 Å². The molecule has 2 aliphatic rings. The molecule has 1 saturated carbocycles. The molecule has 0 radical (unpaired) electrons. The van der Waals surface area contributed by atoms with Gasteiger partial charge in [0.05, 0.1) is 5.92 Å². The average Bonchev–Trinajstić information content (AvgIpc) is 3.27. The van der Waals surface area contributed by atoms with Crippen LogP contribution >= 0.6 is 0 Å². The summed E-state index contributed by atoms with van der Waals surface area (Å²) in [6.07, 6.45) is 2.38. The molecular weight excluding hydrogens is 266 g/mol. The van der Waals surface area contributed by atoms with Gasteiger partial charge in [-0.2, -0.15) is 0 Å². The smallest absolute Gasteiger partial charge is 0.308 e. The normalized spacial score (nSPS) is 28.2. The minimum atomic E-state index is -0.779. The second kappa shape index (κ2) is 5.51. The molecule has 0 aromatic heterocycles. The summed E-state index contributed by atoms with van der Waals surface area (Å²) in [4.78, 5) is 25.4. The SMILES string of the molecule is Cc1ccccc1[C@@H]1C[C@@H]1C(=O)N1CCC[C@H](C(=O)O)C1. The lowest BCUT2D eigenvalue weighted by Gasteiger charge is -2.31. The van der Waals surface area contributed by atoms with Gasteiger partial charge < -0.3 is 10.0 Å². The highest BCUT2D eigenvalue weighted by atomic mass is 16.4. The molecule has 4 nitrogen and oxygen atoms in total. The fraction of sp³-hybridized carbons (Fsp3) is 0.529. The summed E-state index contributed by atoms with van der Waals surface area (Å²) in [7, 11) is 0. The van der Waals surface area contributed by atoms with E-state index in [0.29, 0.717) is 25.4 Å². The molecule has 0 unspecified atom stereocenters. The number of carboxylic acid groups (broad SMARTS) is 1. The Bertz CT molecular complexity index is 569. The van der Waals surface area contributed by atoms with Crippen LogP contribution in [0.25, 0.3) is 0 Å². The van der Waals surface area contributed by atoms with Crippen molar-refractivity contribution in [1.82, 2.24) is 4.90 Å².